The summed E-state index contributed by atoms with van der Waals surface area (Å²) in [4.78, 5) is 5.02. The molecule has 3 aliphatic heterocycles. The fourth-order valence-electron chi connectivity index (χ4n) is 4.38. The van der Waals surface area contributed by atoms with E-state index in [1.807, 2.05) is 12.4 Å². The lowest BCUT2D eigenvalue weighted by Gasteiger charge is -2.38. The SMILES string of the molecule is C[C@@H]1CN(c2cn[nH]c2)C[C@H](CN2CC3CCNCC3C2)O1. The molecule has 3 aliphatic rings. The van der Waals surface area contributed by atoms with Gasteiger partial charge >= 0.3 is 0 Å². The van der Waals surface area contributed by atoms with E-state index >= 15 is 0 Å². The lowest BCUT2D eigenvalue weighted by Crippen LogP contribution is -2.50. The van der Waals surface area contributed by atoms with Gasteiger partial charge in [-0.1, -0.05) is 0 Å². The van der Waals surface area contributed by atoms with Crippen LogP contribution in [0.5, 0.6) is 0 Å². The average molecular weight is 305 g/mol. The third kappa shape index (κ3) is 3.00. The molecule has 4 atom stereocenters. The Hall–Kier alpha value is -1.11. The van der Waals surface area contributed by atoms with Gasteiger partial charge in [0.25, 0.3) is 0 Å². The second kappa shape index (κ2) is 6.18. The normalized spacial score (nSPS) is 36.5. The molecule has 0 saturated carbocycles. The van der Waals surface area contributed by atoms with E-state index in [2.05, 4.69) is 32.2 Å². The van der Waals surface area contributed by atoms with Gasteiger partial charge in [0.1, 0.15) is 0 Å². The molecule has 3 saturated heterocycles. The Kier molecular flexibility index (Phi) is 4.07. The molecule has 3 fully saturated rings. The van der Waals surface area contributed by atoms with E-state index in [1.165, 1.54) is 38.3 Å². The van der Waals surface area contributed by atoms with Crippen molar-refractivity contribution in [3.8, 4) is 0 Å². The van der Waals surface area contributed by atoms with Gasteiger partial charge in [0.15, 0.2) is 0 Å². The van der Waals surface area contributed by atoms with Crippen LogP contribution in [-0.4, -0.2) is 73.1 Å². The van der Waals surface area contributed by atoms with Gasteiger partial charge in [-0.05, 0) is 38.3 Å². The van der Waals surface area contributed by atoms with Crippen LogP contribution < -0.4 is 10.2 Å². The van der Waals surface area contributed by atoms with E-state index in [0.717, 1.165) is 31.5 Å². The highest BCUT2D eigenvalue weighted by Crippen LogP contribution is 2.29. The van der Waals surface area contributed by atoms with Crippen LogP contribution in [0, 0.1) is 11.8 Å². The number of ether oxygens (including phenoxy) is 1. The zero-order valence-corrected chi connectivity index (χ0v) is 13.4. The van der Waals surface area contributed by atoms with Gasteiger partial charge < -0.3 is 19.9 Å². The van der Waals surface area contributed by atoms with Gasteiger partial charge in [0, 0.05) is 38.9 Å². The molecule has 0 spiro atoms. The van der Waals surface area contributed by atoms with E-state index in [0.29, 0.717) is 6.10 Å². The molecule has 6 heteroatoms. The number of piperidine rings is 1. The summed E-state index contributed by atoms with van der Waals surface area (Å²) in [5.74, 6) is 1.74. The lowest BCUT2D eigenvalue weighted by molar-refractivity contribution is -0.0300. The highest BCUT2D eigenvalue weighted by molar-refractivity contribution is 5.42. The van der Waals surface area contributed by atoms with Crippen molar-refractivity contribution in [3.05, 3.63) is 12.4 Å². The fraction of sp³-hybridized carbons (Fsp3) is 0.812. The molecule has 122 valence electrons. The molecule has 1 aromatic rings. The smallest absolute Gasteiger partial charge is 0.0881 e. The van der Waals surface area contributed by atoms with Crippen LogP contribution in [0.25, 0.3) is 0 Å². The molecule has 4 heterocycles. The van der Waals surface area contributed by atoms with Crippen molar-refractivity contribution >= 4 is 5.69 Å². The number of likely N-dealkylation sites (tertiary alicyclic amines) is 1. The van der Waals surface area contributed by atoms with Crippen LogP contribution in [0.2, 0.25) is 0 Å². The van der Waals surface area contributed by atoms with Crippen molar-refractivity contribution in [2.45, 2.75) is 25.6 Å². The molecule has 2 unspecified atom stereocenters. The summed E-state index contributed by atoms with van der Waals surface area (Å²) in [5, 5.41) is 10.5. The van der Waals surface area contributed by atoms with Crippen molar-refractivity contribution in [2.24, 2.45) is 11.8 Å². The Labute approximate surface area is 132 Å². The number of rotatable bonds is 3. The van der Waals surface area contributed by atoms with Gasteiger partial charge in [-0.2, -0.15) is 5.10 Å². The summed E-state index contributed by atoms with van der Waals surface area (Å²) in [7, 11) is 0. The number of hydrogen-bond donors (Lipinski definition) is 2. The number of fused-ring (bicyclic) bond motifs is 1. The monoisotopic (exact) mass is 305 g/mol. The summed E-state index contributed by atoms with van der Waals surface area (Å²) in [6.45, 7) is 10.0. The van der Waals surface area contributed by atoms with Crippen LogP contribution in [0.15, 0.2) is 12.4 Å². The first-order valence-electron chi connectivity index (χ1n) is 8.60. The Balaban J connectivity index is 1.36. The van der Waals surface area contributed by atoms with Crippen LogP contribution in [-0.2, 0) is 4.74 Å². The zero-order valence-electron chi connectivity index (χ0n) is 13.4. The number of H-pyrrole nitrogens is 1. The van der Waals surface area contributed by atoms with Crippen LogP contribution in [0.3, 0.4) is 0 Å². The molecule has 0 aromatic carbocycles. The summed E-state index contributed by atoms with van der Waals surface area (Å²) >= 11 is 0. The highest BCUT2D eigenvalue weighted by Gasteiger charge is 2.36. The number of nitrogens with one attached hydrogen (secondary N) is 2. The van der Waals surface area contributed by atoms with Crippen molar-refractivity contribution in [1.29, 1.82) is 0 Å². The van der Waals surface area contributed by atoms with Gasteiger partial charge in [-0.3, -0.25) is 5.10 Å². The maximum Gasteiger partial charge on any atom is 0.0881 e. The quantitative estimate of drug-likeness (QED) is 0.854. The van der Waals surface area contributed by atoms with Crippen molar-refractivity contribution in [1.82, 2.24) is 20.4 Å². The molecule has 0 bridgehead atoms. The van der Waals surface area contributed by atoms with E-state index in [9.17, 15) is 0 Å². The van der Waals surface area contributed by atoms with Crippen LogP contribution >= 0.6 is 0 Å². The molecule has 22 heavy (non-hydrogen) atoms. The number of aromatic nitrogens is 2. The third-order valence-corrected chi connectivity index (χ3v) is 5.39. The molecule has 0 aliphatic carbocycles. The van der Waals surface area contributed by atoms with Crippen LogP contribution in [0.4, 0.5) is 5.69 Å². The lowest BCUT2D eigenvalue weighted by atomic mass is 9.90. The minimum absolute atomic E-state index is 0.278. The fourth-order valence-corrected chi connectivity index (χ4v) is 4.38. The Morgan fingerprint density at radius 1 is 1.27 bits per heavy atom. The number of hydrogen-bond acceptors (Lipinski definition) is 5. The van der Waals surface area contributed by atoms with Gasteiger partial charge in [-0.15, -0.1) is 0 Å². The Bertz CT molecular complexity index is 465. The molecule has 1 aromatic heterocycles. The second-order valence-corrected chi connectivity index (χ2v) is 7.16. The Morgan fingerprint density at radius 2 is 2.18 bits per heavy atom. The van der Waals surface area contributed by atoms with Gasteiger partial charge in [-0.25, -0.2) is 0 Å². The molecule has 4 rings (SSSR count). The first-order valence-corrected chi connectivity index (χ1v) is 8.60. The molecule has 0 amide bonds. The van der Waals surface area contributed by atoms with Gasteiger partial charge in [0.05, 0.1) is 24.1 Å². The molecule has 6 nitrogen and oxygen atoms in total. The summed E-state index contributed by atoms with van der Waals surface area (Å²) in [6.07, 6.45) is 5.80. The zero-order chi connectivity index (χ0) is 14.9. The number of morpholine rings is 1. The highest BCUT2D eigenvalue weighted by atomic mass is 16.5. The Morgan fingerprint density at radius 3 is 3.00 bits per heavy atom. The first kappa shape index (κ1) is 14.5. The average Bonchev–Trinajstić information content (AvgIpc) is 3.15. The van der Waals surface area contributed by atoms with Crippen LogP contribution in [0.1, 0.15) is 13.3 Å². The number of anilines is 1. The third-order valence-electron chi connectivity index (χ3n) is 5.39. The van der Waals surface area contributed by atoms with E-state index < -0.39 is 0 Å². The molecular formula is C16H27N5O. The van der Waals surface area contributed by atoms with Gasteiger partial charge in [0.2, 0.25) is 0 Å². The number of aromatic amines is 1. The van der Waals surface area contributed by atoms with Crippen molar-refractivity contribution in [3.63, 3.8) is 0 Å². The molecular weight excluding hydrogens is 278 g/mol. The predicted molar refractivity (Wildman–Crippen MR) is 86.0 cm³/mol. The van der Waals surface area contributed by atoms with E-state index in [1.54, 1.807) is 0 Å². The minimum atomic E-state index is 0.278. The maximum atomic E-state index is 6.20. The minimum Gasteiger partial charge on any atom is -0.370 e. The maximum absolute atomic E-state index is 6.20. The van der Waals surface area contributed by atoms with Crippen molar-refractivity contribution in [2.75, 3.05) is 50.7 Å². The first-order chi connectivity index (χ1) is 10.8. The second-order valence-electron chi connectivity index (χ2n) is 7.16. The molecule has 2 N–H and O–H groups in total. The summed E-state index contributed by atoms with van der Waals surface area (Å²) in [5.41, 5.74) is 1.18. The van der Waals surface area contributed by atoms with Crippen molar-refractivity contribution < 1.29 is 4.74 Å². The number of nitrogens with zero attached hydrogens (tertiary/aromatic N) is 3. The van der Waals surface area contributed by atoms with E-state index in [4.69, 9.17) is 4.74 Å². The molecule has 0 radical (unpaired) electrons. The predicted octanol–water partition coefficient (Wildman–Crippen LogP) is 0.545. The standard InChI is InChI=1S/C16H27N5O/c1-12-7-21(15-5-18-19-6-15)11-16(22-12)10-20-8-13-2-3-17-4-14(13)9-20/h5-6,12-14,16-17H,2-4,7-11H2,1H3,(H,18,19)/t12-,13?,14?,16+/m1/s1. The van der Waals surface area contributed by atoms with E-state index in [-0.39, 0.29) is 6.10 Å². The largest absolute Gasteiger partial charge is 0.370 e. The topological polar surface area (TPSA) is 56.4 Å². The summed E-state index contributed by atoms with van der Waals surface area (Å²) < 4.78 is 6.20. The summed E-state index contributed by atoms with van der Waals surface area (Å²) in [6, 6.07) is 0.